The number of benzene rings is 1. The van der Waals surface area contributed by atoms with E-state index in [-0.39, 0.29) is 5.41 Å². The minimum Gasteiger partial charge on any atom is -0.313 e. The fourth-order valence-electron chi connectivity index (χ4n) is 2.61. The highest BCUT2D eigenvalue weighted by molar-refractivity contribution is 5.36. The molecule has 2 aromatic rings. The highest BCUT2D eigenvalue weighted by Crippen LogP contribution is 2.30. The molecule has 0 bridgehead atoms. The average Bonchev–Trinajstić information content (AvgIpc) is 2.45. The summed E-state index contributed by atoms with van der Waals surface area (Å²) in [6, 6.07) is 13.2. The van der Waals surface area contributed by atoms with Crippen LogP contribution in [0.1, 0.15) is 43.5 Å². The van der Waals surface area contributed by atoms with Crippen LogP contribution in [0.25, 0.3) is 0 Å². The van der Waals surface area contributed by atoms with Crippen LogP contribution < -0.4 is 5.32 Å². The normalized spacial score (nSPS) is 13.2. The Morgan fingerprint density at radius 1 is 1.10 bits per heavy atom. The predicted octanol–water partition coefficient (Wildman–Crippen LogP) is 3.88. The minimum atomic E-state index is 0.153. The summed E-state index contributed by atoms with van der Waals surface area (Å²) in [5.74, 6) is 0. The van der Waals surface area contributed by atoms with E-state index in [1.807, 2.05) is 25.5 Å². The Kier molecular flexibility index (Phi) is 4.56. The third kappa shape index (κ3) is 3.45. The molecule has 2 heteroatoms. The molecule has 0 aliphatic heterocycles. The second-order valence-corrected chi connectivity index (χ2v) is 6.24. The molecule has 20 heavy (non-hydrogen) atoms. The quantitative estimate of drug-likeness (QED) is 0.910. The molecule has 1 aromatic heterocycles. The van der Waals surface area contributed by atoms with Gasteiger partial charge in [0.2, 0.25) is 0 Å². The van der Waals surface area contributed by atoms with E-state index in [2.05, 4.69) is 61.4 Å². The van der Waals surface area contributed by atoms with Crippen LogP contribution in [0.5, 0.6) is 0 Å². The number of likely N-dealkylation sites (N-methyl/N-ethyl adjacent to an activating group) is 1. The molecular weight excluding hydrogens is 244 g/mol. The first kappa shape index (κ1) is 14.7. The lowest BCUT2D eigenvalue weighted by molar-refractivity contribution is 0.538. The van der Waals surface area contributed by atoms with Gasteiger partial charge in [-0.05, 0) is 41.6 Å². The molecule has 1 aromatic carbocycles. The first-order valence-corrected chi connectivity index (χ1v) is 7.18. The Balaban J connectivity index is 2.33. The summed E-state index contributed by atoms with van der Waals surface area (Å²) in [6.07, 6.45) is 4.72. The van der Waals surface area contributed by atoms with E-state index >= 15 is 0 Å². The molecule has 106 valence electrons. The van der Waals surface area contributed by atoms with Gasteiger partial charge in [0.1, 0.15) is 0 Å². The fourth-order valence-corrected chi connectivity index (χ4v) is 2.61. The van der Waals surface area contributed by atoms with Crippen LogP contribution in [-0.4, -0.2) is 12.0 Å². The van der Waals surface area contributed by atoms with Crippen molar-refractivity contribution in [3.05, 3.63) is 65.5 Å². The lowest BCUT2D eigenvalue weighted by atomic mass is 9.81. The van der Waals surface area contributed by atoms with Crippen molar-refractivity contribution in [2.45, 2.75) is 38.6 Å². The molecule has 0 saturated heterocycles. The Morgan fingerprint density at radius 3 is 2.45 bits per heavy atom. The summed E-state index contributed by atoms with van der Waals surface area (Å²) < 4.78 is 0. The lowest BCUT2D eigenvalue weighted by Gasteiger charge is -2.27. The molecule has 1 N–H and O–H groups in total. The Labute approximate surface area is 122 Å². The topological polar surface area (TPSA) is 24.9 Å². The number of aromatic nitrogens is 1. The summed E-state index contributed by atoms with van der Waals surface area (Å²) in [5, 5.41) is 3.45. The van der Waals surface area contributed by atoms with Crippen molar-refractivity contribution < 1.29 is 0 Å². The highest BCUT2D eigenvalue weighted by atomic mass is 14.9. The van der Waals surface area contributed by atoms with Gasteiger partial charge in [-0.15, -0.1) is 0 Å². The SMILES string of the molecule is CNC(Cc1cccnc1)c1ccccc1C(C)(C)C. The number of nitrogens with one attached hydrogen (secondary N) is 1. The van der Waals surface area contributed by atoms with E-state index in [0.717, 1.165) is 6.42 Å². The van der Waals surface area contributed by atoms with E-state index in [4.69, 9.17) is 0 Å². The van der Waals surface area contributed by atoms with Crippen molar-refractivity contribution in [1.82, 2.24) is 10.3 Å². The van der Waals surface area contributed by atoms with E-state index in [1.54, 1.807) is 0 Å². The summed E-state index contributed by atoms with van der Waals surface area (Å²) >= 11 is 0. The van der Waals surface area contributed by atoms with Crippen molar-refractivity contribution >= 4 is 0 Å². The van der Waals surface area contributed by atoms with E-state index in [1.165, 1.54) is 16.7 Å². The van der Waals surface area contributed by atoms with Gasteiger partial charge >= 0.3 is 0 Å². The van der Waals surface area contributed by atoms with Gasteiger partial charge in [-0.25, -0.2) is 0 Å². The lowest BCUT2D eigenvalue weighted by Crippen LogP contribution is -2.24. The standard InChI is InChI=1S/C18H24N2/c1-18(2,3)16-10-6-5-9-15(16)17(19-4)12-14-8-7-11-20-13-14/h5-11,13,17,19H,12H2,1-4H3. The first-order valence-electron chi connectivity index (χ1n) is 7.18. The van der Waals surface area contributed by atoms with Crippen LogP contribution in [0.15, 0.2) is 48.8 Å². The second-order valence-electron chi connectivity index (χ2n) is 6.24. The average molecular weight is 268 g/mol. The number of hydrogen-bond acceptors (Lipinski definition) is 2. The van der Waals surface area contributed by atoms with Crippen LogP contribution in [0, 0.1) is 0 Å². The third-order valence-electron chi connectivity index (χ3n) is 3.66. The monoisotopic (exact) mass is 268 g/mol. The molecular formula is C18H24N2. The molecule has 1 unspecified atom stereocenters. The van der Waals surface area contributed by atoms with Crippen molar-refractivity contribution in [2.24, 2.45) is 0 Å². The van der Waals surface area contributed by atoms with Gasteiger partial charge < -0.3 is 5.32 Å². The maximum Gasteiger partial charge on any atom is 0.0361 e. The van der Waals surface area contributed by atoms with Gasteiger partial charge in [-0.1, -0.05) is 51.1 Å². The number of pyridine rings is 1. The van der Waals surface area contributed by atoms with Crippen molar-refractivity contribution in [3.63, 3.8) is 0 Å². The maximum atomic E-state index is 4.21. The molecule has 2 rings (SSSR count). The third-order valence-corrected chi connectivity index (χ3v) is 3.66. The first-order chi connectivity index (χ1) is 9.52. The Morgan fingerprint density at radius 2 is 1.85 bits per heavy atom. The van der Waals surface area contributed by atoms with Crippen molar-refractivity contribution in [3.8, 4) is 0 Å². The zero-order valence-corrected chi connectivity index (χ0v) is 12.9. The Bertz CT molecular complexity index is 541. The molecule has 0 radical (unpaired) electrons. The zero-order chi connectivity index (χ0) is 14.6. The van der Waals surface area contributed by atoms with Crippen LogP contribution in [0.3, 0.4) is 0 Å². The van der Waals surface area contributed by atoms with E-state index in [9.17, 15) is 0 Å². The molecule has 0 fully saturated rings. The summed E-state index contributed by atoms with van der Waals surface area (Å²) in [6.45, 7) is 6.80. The van der Waals surface area contributed by atoms with Crippen molar-refractivity contribution in [2.75, 3.05) is 7.05 Å². The van der Waals surface area contributed by atoms with Crippen LogP contribution in [0.4, 0.5) is 0 Å². The molecule has 1 heterocycles. The molecule has 0 aliphatic rings. The fraction of sp³-hybridized carbons (Fsp3) is 0.389. The van der Waals surface area contributed by atoms with Crippen LogP contribution >= 0.6 is 0 Å². The molecule has 2 nitrogen and oxygen atoms in total. The van der Waals surface area contributed by atoms with Gasteiger partial charge in [0.15, 0.2) is 0 Å². The number of nitrogens with zero attached hydrogens (tertiary/aromatic N) is 1. The second kappa shape index (κ2) is 6.19. The molecule has 0 saturated carbocycles. The van der Waals surface area contributed by atoms with Crippen LogP contribution in [0.2, 0.25) is 0 Å². The van der Waals surface area contributed by atoms with Gasteiger partial charge in [-0.2, -0.15) is 0 Å². The van der Waals surface area contributed by atoms with E-state index < -0.39 is 0 Å². The predicted molar refractivity (Wildman–Crippen MR) is 84.9 cm³/mol. The minimum absolute atomic E-state index is 0.153. The zero-order valence-electron chi connectivity index (χ0n) is 12.9. The summed E-state index contributed by atoms with van der Waals surface area (Å²) in [7, 11) is 2.03. The summed E-state index contributed by atoms with van der Waals surface area (Å²) in [5.41, 5.74) is 4.20. The smallest absolute Gasteiger partial charge is 0.0361 e. The Hall–Kier alpha value is -1.67. The van der Waals surface area contributed by atoms with Gasteiger partial charge in [-0.3, -0.25) is 4.98 Å². The van der Waals surface area contributed by atoms with Gasteiger partial charge in [0.25, 0.3) is 0 Å². The molecule has 1 atom stereocenters. The largest absolute Gasteiger partial charge is 0.313 e. The number of hydrogen-bond donors (Lipinski definition) is 1. The highest BCUT2D eigenvalue weighted by Gasteiger charge is 2.21. The molecule has 0 amide bonds. The maximum absolute atomic E-state index is 4.21. The van der Waals surface area contributed by atoms with Gasteiger partial charge in [0.05, 0.1) is 0 Å². The number of rotatable bonds is 4. The van der Waals surface area contributed by atoms with E-state index in [0.29, 0.717) is 6.04 Å². The summed E-state index contributed by atoms with van der Waals surface area (Å²) in [4.78, 5) is 4.21. The molecule has 0 aliphatic carbocycles. The van der Waals surface area contributed by atoms with Crippen molar-refractivity contribution in [1.29, 1.82) is 0 Å². The molecule has 0 spiro atoms. The van der Waals surface area contributed by atoms with Gasteiger partial charge in [0, 0.05) is 18.4 Å². The van der Waals surface area contributed by atoms with Crippen LogP contribution in [-0.2, 0) is 11.8 Å².